The molecule has 2 heterocycles. The van der Waals surface area contributed by atoms with E-state index in [-0.39, 0.29) is 11.8 Å². The zero-order valence-corrected chi connectivity index (χ0v) is 17.1. The number of likely N-dealkylation sites (N-methyl/N-ethyl adjacent to an activating group) is 1. The quantitative estimate of drug-likeness (QED) is 0.649. The maximum absolute atomic E-state index is 12.7. The minimum Gasteiger partial charge on any atom is -0.383 e. The number of nitrogens with zero attached hydrogens (tertiary/aromatic N) is 4. The van der Waals surface area contributed by atoms with E-state index in [0.717, 1.165) is 5.56 Å². The van der Waals surface area contributed by atoms with Crippen LogP contribution in [0.1, 0.15) is 26.3 Å². The van der Waals surface area contributed by atoms with Gasteiger partial charge in [0.15, 0.2) is 5.82 Å². The lowest BCUT2D eigenvalue weighted by Crippen LogP contribution is -2.30. The van der Waals surface area contributed by atoms with Gasteiger partial charge in [-0.2, -0.15) is 0 Å². The molecule has 0 aliphatic heterocycles. The van der Waals surface area contributed by atoms with Gasteiger partial charge in [-0.25, -0.2) is 9.97 Å². The Kier molecular flexibility index (Phi) is 6.82. The van der Waals surface area contributed by atoms with Crippen LogP contribution < -0.4 is 5.32 Å². The van der Waals surface area contributed by atoms with Crippen molar-refractivity contribution >= 4 is 17.5 Å². The molecule has 0 saturated carbocycles. The van der Waals surface area contributed by atoms with E-state index in [9.17, 15) is 9.59 Å². The Morgan fingerprint density at radius 2 is 1.83 bits per heavy atom. The number of pyridine rings is 1. The molecule has 0 radical (unpaired) electrons. The average molecular weight is 405 g/mol. The first-order chi connectivity index (χ1) is 14.5. The fraction of sp³-hybridized carbons (Fsp3) is 0.227. The smallest absolute Gasteiger partial charge is 0.258 e. The largest absolute Gasteiger partial charge is 0.383 e. The number of amides is 2. The number of hydrogen-bond acceptors (Lipinski definition) is 6. The first-order valence-corrected chi connectivity index (χ1v) is 9.39. The molecule has 0 fully saturated rings. The van der Waals surface area contributed by atoms with E-state index in [4.69, 9.17) is 4.74 Å². The number of anilines is 1. The van der Waals surface area contributed by atoms with Crippen LogP contribution in [0.4, 0.5) is 5.69 Å². The summed E-state index contributed by atoms with van der Waals surface area (Å²) in [5.41, 5.74) is 2.81. The highest BCUT2D eigenvalue weighted by atomic mass is 16.5. The lowest BCUT2D eigenvalue weighted by atomic mass is 10.1. The number of ether oxygens (including phenoxy) is 1. The van der Waals surface area contributed by atoms with E-state index in [1.165, 1.54) is 12.4 Å². The summed E-state index contributed by atoms with van der Waals surface area (Å²) in [7, 11) is 3.30. The highest BCUT2D eigenvalue weighted by Crippen LogP contribution is 2.19. The predicted octanol–water partition coefficient (Wildman–Crippen LogP) is 2.82. The highest BCUT2D eigenvalue weighted by Gasteiger charge is 2.15. The Morgan fingerprint density at radius 1 is 1.07 bits per heavy atom. The maximum Gasteiger partial charge on any atom is 0.258 e. The maximum atomic E-state index is 12.7. The third-order valence-corrected chi connectivity index (χ3v) is 4.52. The molecule has 30 heavy (non-hydrogen) atoms. The summed E-state index contributed by atoms with van der Waals surface area (Å²) in [6.45, 7) is 2.79. The van der Waals surface area contributed by atoms with Crippen LogP contribution in [0.5, 0.6) is 0 Å². The zero-order chi connectivity index (χ0) is 21.5. The Hall–Kier alpha value is -3.65. The minimum absolute atomic E-state index is 0.148. The summed E-state index contributed by atoms with van der Waals surface area (Å²) in [5.74, 6) is -0.0661. The van der Waals surface area contributed by atoms with Gasteiger partial charge in [0.25, 0.3) is 11.8 Å². The van der Waals surface area contributed by atoms with Gasteiger partial charge < -0.3 is 15.0 Å². The zero-order valence-electron chi connectivity index (χ0n) is 17.1. The van der Waals surface area contributed by atoms with Crippen LogP contribution >= 0.6 is 0 Å². The first kappa shape index (κ1) is 21.1. The summed E-state index contributed by atoms with van der Waals surface area (Å²) < 4.78 is 5.01. The van der Waals surface area contributed by atoms with Crippen LogP contribution in [0.25, 0.3) is 11.5 Å². The molecule has 0 saturated heterocycles. The lowest BCUT2D eigenvalue weighted by Gasteiger charge is -2.18. The molecule has 1 N–H and O–H groups in total. The third kappa shape index (κ3) is 5.03. The first-order valence-electron chi connectivity index (χ1n) is 9.39. The van der Waals surface area contributed by atoms with Crippen molar-refractivity contribution in [1.82, 2.24) is 19.9 Å². The predicted molar refractivity (Wildman–Crippen MR) is 113 cm³/mol. The molecule has 3 aromatic rings. The van der Waals surface area contributed by atoms with E-state index in [1.54, 1.807) is 49.5 Å². The van der Waals surface area contributed by atoms with Crippen LogP contribution in [-0.2, 0) is 4.74 Å². The summed E-state index contributed by atoms with van der Waals surface area (Å²) in [5, 5.41) is 2.83. The monoisotopic (exact) mass is 405 g/mol. The van der Waals surface area contributed by atoms with Gasteiger partial charge in [-0.05, 0) is 36.8 Å². The second-order valence-electron chi connectivity index (χ2n) is 6.71. The van der Waals surface area contributed by atoms with Crippen molar-refractivity contribution in [2.45, 2.75) is 6.92 Å². The molecule has 0 spiro atoms. The Bertz CT molecular complexity index is 1020. The fourth-order valence-corrected chi connectivity index (χ4v) is 2.71. The van der Waals surface area contributed by atoms with E-state index < -0.39 is 0 Å². The molecular weight excluding hydrogens is 382 g/mol. The highest BCUT2D eigenvalue weighted by molar-refractivity contribution is 6.05. The number of aromatic nitrogens is 3. The van der Waals surface area contributed by atoms with Crippen molar-refractivity contribution in [2.24, 2.45) is 0 Å². The van der Waals surface area contributed by atoms with Crippen molar-refractivity contribution in [3.63, 3.8) is 0 Å². The molecule has 2 amide bonds. The third-order valence-electron chi connectivity index (χ3n) is 4.52. The average Bonchev–Trinajstić information content (AvgIpc) is 2.79. The summed E-state index contributed by atoms with van der Waals surface area (Å²) in [6.07, 6.45) is 4.56. The van der Waals surface area contributed by atoms with Gasteiger partial charge in [0.2, 0.25) is 0 Å². The molecule has 0 unspecified atom stereocenters. The van der Waals surface area contributed by atoms with Gasteiger partial charge in [-0.15, -0.1) is 0 Å². The molecule has 8 heteroatoms. The molecular formula is C22H23N5O3. The second kappa shape index (κ2) is 9.71. The Balaban J connectivity index is 1.74. The van der Waals surface area contributed by atoms with Gasteiger partial charge in [0.05, 0.1) is 12.2 Å². The standard InChI is InChI=1S/C22H23N5O3/c1-15-7-8-16(22(29)27(2)10-11-30-3)12-19(15)26-21(28)17-13-24-20(25-14-17)18-6-4-5-9-23-18/h4-9,12-14H,10-11H2,1-3H3,(H,26,28). The van der Waals surface area contributed by atoms with E-state index in [2.05, 4.69) is 20.3 Å². The lowest BCUT2D eigenvalue weighted by molar-refractivity contribution is 0.0744. The van der Waals surface area contributed by atoms with Gasteiger partial charge in [-0.3, -0.25) is 14.6 Å². The molecule has 3 rings (SSSR count). The summed E-state index contributed by atoms with van der Waals surface area (Å²) in [4.78, 5) is 39.4. The van der Waals surface area contributed by atoms with Crippen LogP contribution in [0.15, 0.2) is 55.0 Å². The number of methoxy groups -OCH3 is 1. The van der Waals surface area contributed by atoms with Crippen LogP contribution in [0.3, 0.4) is 0 Å². The Labute approximate surface area is 175 Å². The van der Waals surface area contributed by atoms with Gasteiger partial charge in [0, 0.05) is 50.5 Å². The minimum atomic E-state index is -0.358. The number of carbonyl (C=O) groups is 2. The van der Waals surface area contributed by atoms with Crippen molar-refractivity contribution < 1.29 is 14.3 Å². The molecule has 154 valence electrons. The van der Waals surface area contributed by atoms with E-state index in [0.29, 0.717) is 41.5 Å². The van der Waals surface area contributed by atoms with Crippen molar-refractivity contribution in [2.75, 3.05) is 32.6 Å². The topological polar surface area (TPSA) is 97.3 Å². The molecule has 0 bridgehead atoms. The van der Waals surface area contributed by atoms with Gasteiger partial charge in [-0.1, -0.05) is 12.1 Å². The summed E-state index contributed by atoms with van der Waals surface area (Å²) >= 11 is 0. The SMILES string of the molecule is COCCN(C)C(=O)c1ccc(C)c(NC(=O)c2cnc(-c3ccccn3)nc2)c1. The van der Waals surface area contributed by atoms with Gasteiger partial charge in [0.1, 0.15) is 5.69 Å². The molecule has 0 aliphatic rings. The molecule has 1 aromatic carbocycles. The fourth-order valence-electron chi connectivity index (χ4n) is 2.71. The Morgan fingerprint density at radius 3 is 2.50 bits per heavy atom. The number of carbonyl (C=O) groups excluding carboxylic acids is 2. The van der Waals surface area contributed by atoms with Crippen molar-refractivity contribution in [3.05, 3.63) is 71.7 Å². The number of hydrogen-bond donors (Lipinski definition) is 1. The molecule has 8 nitrogen and oxygen atoms in total. The molecule has 2 aromatic heterocycles. The number of aryl methyl sites for hydroxylation is 1. The molecule has 0 atom stereocenters. The van der Waals surface area contributed by atoms with Crippen molar-refractivity contribution in [1.29, 1.82) is 0 Å². The van der Waals surface area contributed by atoms with E-state index >= 15 is 0 Å². The van der Waals surface area contributed by atoms with Gasteiger partial charge >= 0.3 is 0 Å². The van der Waals surface area contributed by atoms with Crippen molar-refractivity contribution in [3.8, 4) is 11.5 Å². The van der Waals surface area contributed by atoms with E-state index in [1.807, 2.05) is 19.1 Å². The van der Waals surface area contributed by atoms with Crippen LogP contribution in [-0.4, -0.2) is 59.0 Å². The number of rotatable bonds is 7. The summed E-state index contributed by atoms with van der Waals surface area (Å²) in [6, 6.07) is 10.7. The number of nitrogens with one attached hydrogen (secondary N) is 1. The van der Waals surface area contributed by atoms with Crippen LogP contribution in [0, 0.1) is 6.92 Å². The van der Waals surface area contributed by atoms with Crippen LogP contribution in [0.2, 0.25) is 0 Å². The second-order valence-corrected chi connectivity index (χ2v) is 6.71. The molecule has 0 aliphatic carbocycles. The number of benzene rings is 1. The normalized spacial score (nSPS) is 10.5.